The van der Waals surface area contributed by atoms with Crippen molar-refractivity contribution in [2.75, 3.05) is 21.3 Å². The number of methoxy groups -OCH3 is 3. The molecule has 0 saturated heterocycles. The van der Waals surface area contributed by atoms with Gasteiger partial charge in [-0.15, -0.1) is 0 Å². The first kappa shape index (κ1) is 23.5. The highest BCUT2D eigenvalue weighted by atomic mass is 16.5. The Bertz CT molecular complexity index is 1100. The van der Waals surface area contributed by atoms with E-state index in [-0.39, 0.29) is 11.7 Å². The van der Waals surface area contributed by atoms with Crippen molar-refractivity contribution in [1.82, 2.24) is 10.3 Å². The molecule has 7 heteroatoms. The molecule has 0 unspecified atom stereocenters. The molecule has 0 aliphatic heterocycles. The van der Waals surface area contributed by atoms with Crippen molar-refractivity contribution >= 4 is 17.8 Å². The Hall–Kier alpha value is -4.13. The zero-order chi connectivity index (χ0) is 23.6. The summed E-state index contributed by atoms with van der Waals surface area (Å²) in [6.07, 6.45) is 6.77. The third-order valence-corrected chi connectivity index (χ3v) is 4.94. The molecule has 0 fully saturated rings. The molecule has 2 aromatic carbocycles. The van der Waals surface area contributed by atoms with Gasteiger partial charge in [0.25, 0.3) is 0 Å². The van der Waals surface area contributed by atoms with Crippen molar-refractivity contribution in [3.05, 3.63) is 89.3 Å². The molecular weight excluding hydrogens is 420 g/mol. The second kappa shape index (κ2) is 11.5. The fourth-order valence-corrected chi connectivity index (χ4v) is 3.22. The van der Waals surface area contributed by atoms with Crippen LogP contribution in [0.25, 0.3) is 6.08 Å². The molecule has 3 aromatic rings. The summed E-state index contributed by atoms with van der Waals surface area (Å²) in [5.74, 6) is 1.28. The third-order valence-electron chi connectivity index (χ3n) is 4.94. The first-order valence-electron chi connectivity index (χ1n) is 10.3. The number of Topliss-reactive ketones (excluding diaryl/α,β-unsaturated/α-hetero) is 1. The van der Waals surface area contributed by atoms with Crippen LogP contribution in [0.1, 0.15) is 27.0 Å². The van der Waals surface area contributed by atoms with E-state index in [0.29, 0.717) is 35.8 Å². The Morgan fingerprint density at radius 3 is 2.21 bits per heavy atom. The lowest BCUT2D eigenvalue weighted by molar-refractivity contribution is -0.116. The van der Waals surface area contributed by atoms with Gasteiger partial charge in [-0.05, 0) is 41.0 Å². The normalized spacial score (nSPS) is 10.6. The summed E-state index contributed by atoms with van der Waals surface area (Å²) in [4.78, 5) is 28.7. The number of hydrogen-bond acceptors (Lipinski definition) is 6. The van der Waals surface area contributed by atoms with Gasteiger partial charge in [0.2, 0.25) is 11.7 Å². The van der Waals surface area contributed by atoms with Crippen LogP contribution in [0, 0.1) is 0 Å². The average molecular weight is 447 g/mol. The van der Waals surface area contributed by atoms with Gasteiger partial charge in [-0.25, -0.2) is 0 Å². The Balaban J connectivity index is 1.56. The molecular formula is C26H26N2O5. The van der Waals surface area contributed by atoms with Crippen LogP contribution in [0.3, 0.4) is 0 Å². The molecule has 0 radical (unpaired) electrons. The topological polar surface area (TPSA) is 86.8 Å². The van der Waals surface area contributed by atoms with Crippen molar-refractivity contribution in [2.45, 2.75) is 13.0 Å². The predicted molar refractivity (Wildman–Crippen MR) is 126 cm³/mol. The van der Waals surface area contributed by atoms with E-state index in [2.05, 4.69) is 10.3 Å². The van der Waals surface area contributed by atoms with Crippen LogP contribution in [0.4, 0.5) is 0 Å². The molecule has 0 bridgehead atoms. The molecule has 1 amide bonds. The highest BCUT2D eigenvalue weighted by Crippen LogP contribution is 2.38. The number of hydrogen-bond donors (Lipinski definition) is 1. The van der Waals surface area contributed by atoms with Crippen molar-refractivity contribution in [2.24, 2.45) is 0 Å². The minimum atomic E-state index is -0.250. The van der Waals surface area contributed by atoms with E-state index in [1.54, 1.807) is 42.7 Å². The molecule has 0 saturated carbocycles. The van der Waals surface area contributed by atoms with Crippen molar-refractivity contribution < 1.29 is 23.8 Å². The lowest BCUT2D eigenvalue weighted by Gasteiger charge is -2.12. The lowest BCUT2D eigenvalue weighted by atomic mass is 10.0. The van der Waals surface area contributed by atoms with Gasteiger partial charge >= 0.3 is 0 Å². The number of rotatable bonds is 10. The number of carbonyl (C=O) groups excluding carboxylic acids is 2. The number of ketones is 1. The zero-order valence-corrected chi connectivity index (χ0v) is 18.8. The van der Waals surface area contributed by atoms with Crippen molar-refractivity contribution in [1.29, 1.82) is 0 Å². The van der Waals surface area contributed by atoms with Crippen LogP contribution in [0.5, 0.6) is 17.2 Å². The van der Waals surface area contributed by atoms with E-state index in [9.17, 15) is 9.59 Å². The maximum atomic E-state index is 12.4. The van der Waals surface area contributed by atoms with Crippen LogP contribution in [-0.2, 0) is 17.8 Å². The van der Waals surface area contributed by atoms with Crippen LogP contribution in [0.15, 0.2) is 67.0 Å². The SMILES string of the molecule is COc1cc(/C=C/C(=O)NCc2ccc(C(=O)Cc3cccnc3)cc2)cc(OC)c1OC. The summed E-state index contributed by atoms with van der Waals surface area (Å²) in [5.41, 5.74) is 3.12. The maximum absolute atomic E-state index is 12.4. The fraction of sp³-hybridized carbons (Fsp3) is 0.192. The fourth-order valence-electron chi connectivity index (χ4n) is 3.22. The molecule has 3 rings (SSSR count). The number of benzene rings is 2. The second-order valence-electron chi connectivity index (χ2n) is 7.17. The van der Waals surface area contributed by atoms with E-state index in [1.165, 1.54) is 27.4 Å². The standard InChI is InChI=1S/C26H26N2O5/c1-31-23-14-19(15-24(32-2)26(23)33-3)8-11-25(30)28-17-18-6-9-21(10-7-18)22(29)13-20-5-4-12-27-16-20/h4-12,14-16H,13,17H2,1-3H3,(H,28,30)/b11-8+. The van der Waals surface area contributed by atoms with Crippen molar-refractivity contribution in [3.8, 4) is 17.2 Å². The zero-order valence-electron chi connectivity index (χ0n) is 18.8. The third kappa shape index (κ3) is 6.43. The van der Waals surface area contributed by atoms with Crippen LogP contribution in [-0.4, -0.2) is 38.0 Å². The minimum absolute atomic E-state index is 0.0202. The van der Waals surface area contributed by atoms with Gasteiger partial charge in [0.05, 0.1) is 21.3 Å². The first-order chi connectivity index (χ1) is 16.0. The molecule has 1 heterocycles. The minimum Gasteiger partial charge on any atom is -0.493 e. The Morgan fingerprint density at radius 1 is 0.939 bits per heavy atom. The smallest absolute Gasteiger partial charge is 0.244 e. The molecule has 0 spiro atoms. The van der Waals surface area contributed by atoms with Crippen LogP contribution >= 0.6 is 0 Å². The van der Waals surface area contributed by atoms with Gasteiger partial charge in [-0.3, -0.25) is 14.6 Å². The second-order valence-corrected chi connectivity index (χ2v) is 7.17. The predicted octanol–water partition coefficient (Wildman–Crippen LogP) is 3.86. The molecule has 0 aliphatic carbocycles. The molecule has 7 nitrogen and oxygen atoms in total. The van der Waals surface area contributed by atoms with Crippen molar-refractivity contribution in [3.63, 3.8) is 0 Å². The number of carbonyl (C=O) groups is 2. The number of nitrogens with zero attached hydrogens (tertiary/aromatic N) is 1. The monoisotopic (exact) mass is 446 g/mol. The highest BCUT2D eigenvalue weighted by Gasteiger charge is 2.12. The lowest BCUT2D eigenvalue weighted by Crippen LogP contribution is -2.20. The molecule has 0 aliphatic rings. The number of aromatic nitrogens is 1. The molecule has 1 aromatic heterocycles. The maximum Gasteiger partial charge on any atom is 0.244 e. The molecule has 1 N–H and O–H groups in total. The Morgan fingerprint density at radius 2 is 1.64 bits per heavy atom. The summed E-state index contributed by atoms with van der Waals surface area (Å²) in [7, 11) is 4.61. The van der Waals surface area contributed by atoms with E-state index in [4.69, 9.17) is 14.2 Å². The van der Waals surface area contributed by atoms with Crippen LogP contribution < -0.4 is 19.5 Å². The number of nitrogens with one attached hydrogen (secondary N) is 1. The summed E-state index contributed by atoms with van der Waals surface area (Å²) < 4.78 is 16.0. The summed E-state index contributed by atoms with van der Waals surface area (Å²) in [6.45, 7) is 0.343. The van der Waals surface area contributed by atoms with Gasteiger partial charge < -0.3 is 19.5 Å². The summed E-state index contributed by atoms with van der Waals surface area (Å²) >= 11 is 0. The van der Waals surface area contributed by atoms with Gasteiger partial charge in [0.15, 0.2) is 17.3 Å². The van der Waals surface area contributed by atoms with Gasteiger partial charge in [-0.2, -0.15) is 0 Å². The van der Waals surface area contributed by atoms with E-state index in [1.807, 2.05) is 24.3 Å². The Labute approximate surface area is 193 Å². The molecule has 33 heavy (non-hydrogen) atoms. The van der Waals surface area contributed by atoms with Crippen LogP contribution in [0.2, 0.25) is 0 Å². The first-order valence-corrected chi connectivity index (χ1v) is 10.3. The number of amides is 1. The quantitative estimate of drug-likeness (QED) is 0.376. The van der Waals surface area contributed by atoms with Gasteiger partial charge in [-0.1, -0.05) is 30.3 Å². The van der Waals surface area contributed by atoms with Gasteiger partial charge in [0.1, 0.15) is 0 Å². The molecule has 0 atom stereocenters. The largest absolute Gasteiger partial charge is 0.493 e. The molecule has 170 valence electrons. The summed E-state index contributed by atoms with van der Waals surface area (Å²) in [6, 6.07) is 14.4. The number of ether oxygens (including phenoxy) is 3. The van der Waals surface area contributed by atoms with E-state index >= 15 is 0 Å². The number of pyridine rings is 1. The summed E-state index contributed by atoms with van der Waals surface area (Å²) in [5, 5.41) is 2.83. The van der Waals surface area contributed by atoms with Gasteiger partial charge in [0, 0.05) is 37.0 Å². The Kier molecular flexibility index (Phi) is 8.18. The highest BCUT2D eigenvalue weighted by molar-refractivity contribution is 5.97. The van der Waals surface area contributed by atoms with E-state index < -0.39 is 0 Å². The van der Waals surface area contributed by atoms with E-state index in [0.717, 1.165) is 16.7 Å². The average Bonchev–Trinajstić information content (AvgIpc) is 2.86.